The van der Waals surface area contributed by atoms with Crippen LogP contribution in [0.5, 0.6) is 5.75 Å². The molecular formula is C16H14BrClO2. The molecule has 0 saturated carbocycles. The zero-order valence-electron chi connectivity index (χ0n) is 11.5. The zero-order chi connectivity index (χ0) is 14.9. The molecule has 0 fully saturated rings. The summed E-state index contributed by atoms with van der Waals surface area (Å²) in [6, 6.07) is 8.89. The summed E-state index contributed by atoms with van der Waals surface area (Å²) in [6.45, 7) is 3.83. The summed E-state index contributed by atoms with van der Waals surface area (Å²) < 4.78 is 6.19. The van der Waals surface area contributed by atoms with Gasteiger partial charge in [-0.2, -0.15) is 0 Å². The van der Waals surface area contributed by atoms with E-state index in [0.29, 0.717) is 21.9 Å². The SMILES string of the molecule is COc1cc(C)c(Br)cc1C(=O)c1ccc(Cl)c(C)c1. The van der Waals surface area contributed by atoms with E-state index in [1.807, 2.05) is 19.9 Å². The van der Waals surface area contributed by atoms with Gasteiger partial charge in [0.15, 0.2) is 5.78 Å². The molecule has 0 saturated heterocycles. The summed E-state index contributed by atoms with van der Waals surface area (Å²) >= 11 is 9.44. The molecule has 0 aliphatic carbocycles. The van der Waals surface area contributed by atoms with Crippen molar-refractivity contribution < 1.29 is 9.53 Å². The van der Waals surface area contributed by atoms with Crippen LogP contribution in [0.25, 0.3) is 0 Å². The fourth-order valence-corrected chi connectivity index (χ4v) is 2.40. The van der Waals surface area contributed by atoms with Crippen LogP contribution in [0.2, 0.25) is 5.02 Å². The molecule has 2 aromatic rings. The van der Waals surface area contributed by atoms with Crippen molar-refractivity contribution in [3.63, 3.8) is 0 Å². The van der Waals surface area contributed by atoms with Crippen LogP contribution in [0.15, 0.2) is 34.8 Å². The molecular weight excluding hydrogens is 340 g/mol. The molecule has 2 nitrogen and oxygen atoms in total. The number of methoxy groups -OCH3 is 1. The van der Waals surface area contributed by atoms with Crippen LogP contribution < -0.4 is 4.74 Å². The van der Waals surface area contributed by atoms with Crippen LogP contribution in [-0.2, 0) is 0 Å². The molecule has 104 valence electrons. The van der Waals surface area contributed by atoms with Crippen LogP contribution >= 0.6 is 27.5 Å². The normalized spacial score (nSPS) is 10.4. The van der Waals surface area contributed by atoms with E-state index in [4.69, 9.17) is 16.3 Å². The zero-order valence-corrected chi connectivity index (χ0v) is 13.8. The number of hydrogen-bond donors (Lipinski definition) is 0. The van der Waals surface area contributed by atoms with Crippen molar-refractivity contribution in [3.8, 4) is 5.75 Å². The second kappa shape index (κ2) is 5.98. The lowest BCUT2D eigenvalue weighted by Gasteiger charge is -2.11. The van der Waals surface area contributed by atoms with Crippen molar-refractivity contribution in [3.05, 3.63) is 62.1 Å². The number of benzene rings is 2. The number of ketones is 1. The Balaban J connectivity index is 2.52. The van der Waals surface area contributed by atoms with E-state index in [1.54, 1.807) is 31.4 Å². The fourth-order valence-electron chi connectivity index (χ4n) is 1.94. The molecule has 0 aliphatic rings. The smallest absolute Gasteiger partial charge is 0.196 e. The highest BCUT2D eigenvalue weighted by molar-refractivity contribution is 9.10. The number of hydrogen-bond acceptors (Lipinski definition) is 2. The van der Waals surface area contributed by atoms with E-state index in [2.05, 4.69) is 15.9 Å². The third kappa shape index (κ3) is 2.89. The number of carbonyl (C=O) groups excluding carboxylic acids is 1. The van der Waals surface area contributed by atoms with Gasteiger partial charge in [0.05, 0.1) is 12.7 Å². The summed E-state index contributed by atoms with van der Waals surface area (Å²) in [5.74, 6) is 0.491. The number of rotatable bonds is 3. The number of halogens is 2. The predicted octanol–water partition coefficient (Wildman–Crippen LogP) is 4.96. The number of carbonyl (C=O) groups is 1. The van der Waals surface area contributed by atoms with E-state index in [1.165, 1.54) is 0 Å². The predicted molar refractivity (Wildman–Crippen MR) is 85.1 cm³/mol. The van der Waals surface area contributed by atoms with Gasteiger partial charge in [0, 0.05) is 15.1 Å². The molecule has 2 aromatic carbocycles. The molecule has 0 unspecified atom stereocenters. The lowest BCUT2D eigenvalue weighted by molar-refractivity contribution is 0.103. The van der Waals surface area contributed by atoms with Crippen LogP contribution in [0.4, 0.5) is 0 Å². The third-order valence-electron chi connectivity index (χ3n) is 3.15. The lowest BCUT2D eigenvalue weighted by Crippen LogP contribution is -2.05. The van der Waals surface area contributed by atoms with Gasteiger partial charge in [-0.25, -0.2) is 0 Å². The highest BCUT2D eigenvalue weighted by Gasteiger charge is 2.16. The largest absolute Gasteiger partial charge is 0.496 e. The van der Waals surface area contributed by atoms with E-state index < -0.39 is 0 Å². The molecule has 0 aliphatic heterocycles. The topological polar surface area (TPSA) is 26.3 Å². The summed E-state index contributed by atoms with van der Waals surface area (Å²) in [5.41, 5.74) is 3.03. The van der Waals surface area contributed by atoms with Gasteiger partial charge in [-0.1, -0.05) is 27.5 Å². The van der Waals surface area contributed by atoms with Crippen LogP contribution in [0.1, 0.15) is 27.0 Å². The molecule has 0 amide bonds. The van der Waals surface area contributed by atoms with Crippen molar-refractivity contribution >= 4 is 33.3 Å². The Morgan fingerprint density at radius 3 is 2.45 bits per heavy atom. The second-order valence-electron chi connectivity index (χ2n) is 4.59. The van der Waals surface area contributed by atoms with Gasteiger partial charge < -0.3 is 4.74 Å². The Hall–Kier alpha value is -1.32. The van der Waals surface area contributed by atoms with Gasteiger partial charge in [0.1, 0.15) is 5.75 Å². The minimum atomic E-state index is -0.0812. The molecule has 0 bridgehead atoms. The molecule has 0 heterocycles. The Morgan fingerprint density at radius 1 is 1.15 bits per heavy atom. The minimum Gasteiger partial charge on any atom is -0.496 e. The van der Waals surface area contributed by atoms with Crippen molar-refractivity contribution in [1.82, 2.24) is 0 Å². The van der Waals surface area contributed by atoms with E-state index in [0.717, 1.165) is 15.6 Å². The standard InChI is InChI=1S/C16H14BrClO2/c1-9-7-15(20-3)12(8-13(9)17)16(19)11-4-5-14(18)10(2)6-11/h4-8H,1-3H3. The first-order chi connectivity index (χ1) is 9.43. The summed E-state index contributed by atoms with van der Waals surface area (Å²) in [5, 5.41) is 0.651. The molecule has 4 heteroatoms. The highest BCUT2D eigenvalue weighted by Crippen LogP contribution is 2.29. The van der Waals surface area contributed by atoms with Gasteiger partial charge in [0.25, 0.3) is 0 Å². The Bertz CT molecular complexity index is 680. The first-order valence-corrected chi connectivity index (χ1v) is 7.26. The van der Waals surface area contributed by atoms with Gasteiger partial charge >= 0.3 is 0 Å². The number of ether oxygens (including phenoxy) is 1. The second-order valence-corrected chi connectivity index (χ2v) is 5.86. The van der Waals surface area contributed by atoms with E-state index in [9.17, 15) is 4.79 Å². The van der Waals surface area contributed by atoms with Crippen molar-refractivity contribution in [1.29, 1.82) is 0 Å². The fraction of sp³-hybridized carbons (Fsp3) is 0.188. The average molecular weight is 354 g/mol. The van der Waals surface area contributed by atoms with Gasteiger partial charge in [-0.3, -0.25) is 4.79 Å². The van der Waals surface area contributed by atoms with Crippen LogP contribution in [-0.4, -0.2) is 12.9 Å². The molecule has 0 atom stereocenters. The van der Waals surface area contributed by atoms with Gasteiger partial charge in [-0.05, 0) is 55.3 Å². The third-order valence-corrected chi connectivity index (χ3v) is 4.42. The van der Waals surface area contributed by atoms with Crippen molar-refractivity contribution in [2.45, 2.75) is 13.8 Å². The molecule has 0 N–H and O–H groups in total. The van der Waals surface area contributed by atoms with Gasteiger partial charge in [0.2, 0.25) is 0 Å². The van der Waals surface area contributed by atoms with E-state index >= 15 is 0 Å². The first kappa shape index (κ1) is 15.1. The molecule has 0 aromatic heterocycles. The van der Waals surface area contributed by atoms with Crippen LogP contribution in [0.3, 0.4) is 0 Å². The maximum atomic E-state index is 12.6. The molecule has 0 spiro atoms. The Kier molecular flexibility index (Phi) is 4.51. The molecule has 20 heavy (non-hydrogen) atoms. The number of aryl methyl sites for hydroxylation is 2. The van der Waals surface area contributed by atoms with Crippen molar-refractivity contribution in [2.24, 2.45) is 0 Å². The highest BCUT2D eigenvalue weighted by atomic mass is 79.9. The molecule has 0 radical (unpaired) electrons. The van der Waals surface area contributed by atoms with Crippen LogP contribution in [0, 0.1) is 13.8 Å². The minimum absolute atomic E-state index is 0.0812. The van der Waals surface area contributed by atoms with E-state index in [-0.39, 0.29) is 5.78 Å². The van der Waals surface area contributed by atoms with Gasteiger partial charge in [-0.15, -0.1) is 0 Å². The maximum Gasteiger partial charge on any atom is 0.196 e. The first-order valence-electron chi connectivity index (χ1n) is 6.09. The summed E-state index contributed by atoms with van der Waals surface area (Å²) in [7, 11) is 1.56. The quantitative estimate of drug-likeness (QED) is 0.729. The van der Waals surface area contributed by atoms with Crippen molar-refractivity contribution in [2.75, 3.05) is 7.11 Å². The Morgan fingerprint density at radius 2 is 1.85 bits per heavy atom. The summed E-state index contributed by atoms with van der Waals surface area (Å²) in [4.78, 5) is 12.6. The molecule has 2 rings (SSSR count). The lowest BCUT2D eigenvalue weighted by atomic mass is 10.00. The monoisotopic (exact) mass is 352 g/mol. The summed E-state index contributed by atoms with van der Waals surface area (Å²) in [6.07, 6.45) is 0. The average Bonchev–Trinajstić information content (AvgIpc) is 2.43. The Labute approximate surface area is 131 Å². The maximum absolute atomic E-state index is 12.6.